The minimum absolute atomic E-state index is 0.0192. The van der Waals surface area contributed by atoms with Crippen molar-refractivity contribution >= 4 is 29.0 Å². The van der Waals surface area contributed by atoms with Gasteiger partial charge in [0.05, 0.1) is 12.1 Å². The van der Waals surface area contributed by atoms with Gasteiger partial charge in [-0.05, 0) is 134 Å². The van der Waals surface area contributed by atoms with Crippen LogP contribution in [0.4, 0.5) is 8.78 Å². The van der Waals surface area contributed by atoms with E-state index in [1.54, 1.807) is 24.8 Å². The molecular weight excluding hydrogens is 753 g/mol. The molecule has 9 nitrogen and oxygen atoms in total. The van der Waals surface area contributed by atoms with E-state index in [4.69, 9.17) is 23.2 Å². The topological polar surface area (TPSA) is 85.0 Å². The number of likely N-dealkylation sites (tertiary alicyclic amines) is 2. The van der Waals surface area contributed by atoms with E-state index < -0.39 is 0 Å². The first-order chi connectivity index (χ1) is 27.3. The van der Waals surface area contributed by atoms with Crippen molar-refractivity contribution in [2.45, 2.75) is 49.6 Å². The number of benzene rings is 4. The molecule has 6 aromatic rings. The van der Waals surface area contributed by atoms with Crippen molar-refractivity contribution in [1.29, 1.82) is 0 Å². The van der Waals surface area contributed by atoms with E-state index in [0.717, 1.165) is 63.0 Å². The summed E-state index contributed by atoms with van der Waals surface area (Å²) in [5.74, 6) is -0.994. The Morgan fingerprint density at radius 1 is 0.625 bits per heavy atom. The molecule has 0 aliphatic carbocycles. The van der Waals surface area contributed by atoms with Crippen molar-refractivity contribution in [3.63, 3.8) is 0 Å². The van der Waals surface area contributed by atoms with Gasteiger partial charge in [-0.2, -0.15) is 10.2 Å². The lowest BCUT2D eigenvalue weighted by Gasteiger charge is -2.36. The van der Waals surface area contributed by atoms with Crippen molar-refractivity contribution in [3.05, 3.63) is 165 Å². The molecule has 0 spiro atoms. The molecule has 0 amide bonds. The van der Waals surface area contributed by atoms with E-state index in [2.05, 4.69) is 30.0 Å². The third-order valence-electron chi connectivity index (χ3n) is 11.5. The second-order valence-electron chi connectivity index (χ2n) is 14.8. The Labute approximate surface area is 334 Å². The normalized spacial score (nSPS) is 17.2. The molecule has 0 N–H and O–H groups in total. The number of halogens is 4. The highest BCUT2D eigenvalue weighted by atomic mass is 35.5. The third-order valence-corrected chi connectivity index (χ3v) is 12.2. The Kier molecular flexibility index (Phi) is 11.7. The Hall–Kier alpha value is -4.81. The molecule has 4 aromatic carbocycles. The Bertz CT molecular complexity index is 2100. The average molecular weight is 796 g/mol. The van der Waals surface area contributed by atoms with Gasteiger partial charge in [-0.1, -0.05) is 59.6 Å². The van der Waals surface area contributed by atoms with E-state index in [-0.39, 0.29) is 41.3 Å². The number of aromatic nitrogens is 6. The average Bonchev–Trinajstić information content (AvgIpc) is 3.96. The number of hydrogen-bond donors (Lipinski definition) is 0. The number of rotatable bonds is 12. The molecule has 2 saturated heterocycles. The maximum Gasteiger partial charge on any atom is 0.193 e. The molecule has 2 fully saturated rings. The van der Waals surface area contributed by atoms with Gasteiger partial charge < -0.3 is 9.80 Å². The zero-order valence-electron chi connectivity index (χ0n) is 30.8. The molecule has 2 aliphatic rings. The molecular formula is C43H42Cl2F2N8O. The van der Waals surface area contributed by atoms with Crippen LogP contribution in [-0.4, -0.2) is 84.4 Å². The fourth-order valence-corrected chi connectivity index (χ4v) is 9.06. The van der Waals surface area contributed by atoms with Gasteiger partial charge in [0, 0.05) is 34.3 Å². The summed E-state index contributed by atoms with van der Waals surface area (Å²) in [6.07, 6.45) is 9.43. The molecule has 2 unspecified atom stereocenters. The summed E-state index contributed by atoms with van der Waals surface area (Å²) in [6.45, 7) is 4.34. The van der Waals surface area contributed by atoms with Gasteiger partial charge in [-0.25, -0.2) is 28.1 Å². The number of carbonyl (C=O) groups excluding carboxylic acids is 1. The van der Waals surface area contributed by atoms with Crippen LogP contribution >= 0.6 is 23.2 Å². The minimum Gasteiger partial charge on any atom is -0.301 e. The smallest absolute Gasteiger partial charge is 0.193 e. The van der Waals surface area contributed by atoms with Crippen molar-refractivity contribution in [1.82, 2.24) is 39.3 Å². The molecule has 8 rings (SSSR count). The molecule has 2 atom stereocenters. The number of ketones is 1. The second-order valence-corrected chi connectivity index (χ2v) is 15.6. The molecule has 0 bridgehead atoms. The van der Waals surface area contributed by atoms with Crippen LogP contribution in [0.15, 0.2) is 110 Å². The van der Waals surface area contributed by atoms with E-state index in [0.29, 0.717) is 45.4 Å². The summed E-state index contributed by atoms with van der Waals surface area (Å²) in [6, 6.07) is 24.2. The molecule has 2 aromatic heterocycles. The first-order valence-electron chi connectivity index (χ1n) is 19.1. The van der Waals surface area contributed by atoms with E-state index in [9.17, 15) is 13.6 Å². The highest BCUT2D eigenvalue weighted by molar-refractivity contribution is 6.31. The Morgan fingerprint density at radius 2 is 1.04 bits per heavy atom. The predicted octanol–water partition coefficient (Wildman–Crippen LogP) is 8.62. The van der Waals surface area contributed by atoms with Gasteiger partial charge in [0.25, 0.3) is 0 Å². The van der Waals surface area contributed by atoms with Crippen LogP contribution in [0, 0.1) is 11.6 Å². The van der Waals surface area contributed by atoms with Crippen LogP contribution in [0.1, 0.15) is 87.8 Å². The summed E-state index contributed by atoms with van der Waals surface area (Å²) in [7, 11) is 0. The highest BCUT2D eigenvalue weighted by Gasteiger charge is 2.31. The maximum atomic E-state index is 14.9. The molecule has 13 heteroatoms. The minimum atomic E-state index is -0.378. The van der Waals surface area contributed by atoms with Gasteiger partial charge in [-0.3, -0.25) is 4.79 Å². The summed E-state index contributed by atoms with van der Waals surface area (Å²) in [5.41, 5.74) is 4.29. The van der Waals surface area contributed by atoms with Crippen LogP contribution in [0.5, 0.6) is 0 Å². The lowest BCUT2D eigenvalue weighted by molar-refractivity contribution is 0.103. The first kappa shape index (κ1) is 38.1. The molecule has 56 heavy (non-hydrogen) atoms. The largest absolute Gasteiger partial charge is 0.301 e. The van der Waals surface area contributed by atoms with E-state index >= 15 is 0 Å². The number of hydrogen-bond acceptors (Lipinski definition) is 7. The van der Waals surface area contributed by atoms with Gasteiger partial charge in [0.1, 0.15) is 36.9 Å². The molecule has 4 heterocycles. The van der Waals surface area contributed by atoms with Gasteiger partial charge >= 0.3 is 0 Å². The first-order valence-corrected chi connectivity index (χ1v) is 19.8. The monoisotopic (exact) mass is 794 g/mol. The van der Waals surface area contributed by atoms with Crippen molar-refractivity contribution in [2.75, 3.05) is 39.3 Å². The third kappa shape index (κ3) is 8.32. The lowest BCUT2D eigenvalue weighted by Crippen LogP contribution is -2.38. The predicted molar refractivity (Wildman–Crippen MR) is 212 cm³/mol. The van der Waals surface area contributed by atoms with Crippen molar-refractivity contribution in [2.24, 2.45) is 0 Å². The summed E-state index contributed by atoms with van der Waals surface area (Å²) in [5, 5.41) is 10.2. The summed E-state index contributed by atoms with van der Waals surface area (Å²) in [4.78, 5) is 27.6. The van der Waals surface area contributed by atoms with Crippen LogP contribution < -0.4 is 0 Å². The maximum absolute atomic E-state index is 14.9. The van der Waals surface area contributed by atoms with Gasteiger partial charge in [0.15, 0.2) is 5.78 Å². The Balaban J connectivity index is 0.971. The fourth-order valence-electron chi connectivity index (χ4n) is 8.54. The van der Waals surface area contributed by atoms with E-state index in [1.807, 2.05) is 57.9 Å². The van der Waals surface area contributed by atoms with Crippen LogP contribution in [0.3, 0.4) is 0 Å². The molecule has 0 saturated carbocycles. The summed E-state index contributed by atoms with van der Waals surface area (Å²) >= 11 is 13.3. The molecule has 2 aliphatic heterocycles. The number of piperidine rings is 2. The van der Waals surface area contributed by atoms with Crippen molar-refractivity contribution in [3.8, 4) is 0 Å². The standard InChI is InChI=1S/C43H42Cl2F2N8O/c44-39-7-3-1-5-35(39)41(54-27-48-25-50-54)23-52-17-13-29(14-18-52)37-21-31(46)9-11-33(37)43(56)34-12-10-32(47)22-38(34)30-15-19-53(20-16-30)24-42(55-28-49-26-51-55)36-6-2-4-8-40(36)45/h1-12,21-22,25-30,41-42H,13-20,23-24H2. The van der Waals surface area contributed by atoms with E-state index in [1.165, 1.54) is 36.9 Å². The van der Waals surface area contributed by atoms with Gasteiger partial charge in [0.2, 0.25) is 0 Å². The van der Waals surface area contributed by atoms with Crippen LogP contribution in [0.2, 0.25) is 10.0 Å². The zero-order chi connectivity index (χ0) is 38.6. The second kappa shape index (κ2) is 17.1. The fraction of sp³-hybridized carbons (Fsp3) is 0.326. The van der Waals surface area contributed by atoms with Crippen LogP contribution in [0.25, 0.3) is 0 Å². The highest BCUT2D eigenvalue weighted by Crippen LogP contribution is 2.37. The number of nitrogens with zero attached hydrogens (tertiary/aromatic N) is 8. The summed E-state index contributed by atoms with van der Waals surface area (Å²) < 4.78 is 33.6. The number of carbonyl (C=O) groups is 1. The zero-order valence-corrected chi connectivity index (χ0v) is 32.3. The molecule has 288 valence electrons. The van der Waals surface area contributed by atoms with Crippen LogP contribution in [-0.2, 0) is 0 Å². The van der Waals surface area contributed by atoms with Crippen molar-refractivity contribution < 1.29 is 13.6 Å². The Morgan fingerprint density at radius 3 is 1.41 bits per heavy atom. The molecule has 0 radical (unpaired) electrons. The lowest BCUT2D eigenvalue weighted by atomic mass is 9.81. The quantitative estimate of drug-likeness (QED) is 0.115. The van der Waals surface area contributed by atoms with Gasteiger partial charge in [-0.15, -0.1) is 0 Å². The SMILES string of the molecule is O=C(c1ccc(F)cc1C1CCN(CC(c2ccccc2Cl)n2cncn2)CC1)c1ccc(F)cc1C1CCN(CC(c2ccccc2Cl)n2cncn2)CC1.